The highest BCUT2D eigenvalue weighted by molar-refractivity contribution is 8.00. The molecule has 2 heterocycles. The van der Waals surface area contributed by atoms with Crippen LogP contribution in [-0.4, -0.2) is 66.6 Å². The van der Waals surface area contributed by atoms with Crippen molar-refractivity contribution in [3.05, 3.63) is 48.3 Å². The number of ether oxygens (including phenoxy) is 3. The molecule has 0 spiro atoms. The number of pyridine rings is 1. The number of amides is 2. The van der Waals surface area contributed by atoms with E-state index in [1.54, 1.807) is 42.6 Å². The molecule has 1 N–H and O–H groups in total. The van der Waals surface area contributed by atoms with Gasteiger partial charge in [0.25, 0.3) is 0 Å². The molecular formula is C21H25N3O5S. The van der Waals surface area contributed by atoms with Gasteiger partial charge in [0.15, 0.2) is 11.5 Å². The fraction of sp³-hybridized carbons (Fsp3) is 0.381. The van der Waals surface area contributed by atoms with Crippen molar-refractivity contribution in [3.63, 3.8) is 0 Å². The number of nitrogens with one attached hydrogen (secondary N) is 1. The van der Waals surface area contributed by atoms with E-state index in [1.807, 2.05) is 12.1 Å². The van der Waals surface area contributed by atoms with E-state index in [0.717, 1.165) is 5.56 Å². The van der Waals surface area contributed by atoms with Crippen molar-refractivity contribution >= 4 is 29.3 Å². The quantitative estimate of drug-likeness (QED) is 0.651. The largest absolute Gasteiger partial charge is 0.493 e. The average Bonchev–Trinajstić information content (AvgIpc) is 2.79. The van der Waals surface area contributed by atoms with Gasteiger partial charge in [0.1, 0.15) is 6.61 Å². The Balaban J connectivity index is 1.48. The van der Waals surface area contributed by atoms with Crippen LogP contribution < -0.4 is 14.8 Å². The Morgan fingerprint density at radius 3 is 2.63 bits per heavy atom. The average molecular weight is 432 g/mol. The Hall–Kier alpha value is -2.78. The molecule has 3 rings (SSSR count). The Bertz CT molecular complexity index is 844. The first-order valence-corrected chi connectivity index (χ1v) is 10.7. The van der Waals surface area contributed by atoms with E-state index in [4.69, 9.17) is 14.2 Å². The minimum Gasteiger partial charge on any atom is -0.493 e. The highest BCUT2D eigenvalue weighted by Gasteiger charge is 2.17. The molecule has 1 aromatic heterocycles. The van der Waals surface area contributed by atoms with Crippen molar-refractivity contribution in [1.29, 1.82) is 0 Å². The molecule has 0 aliphatic carbocycles. The van der Waals surface area contributed by atoms with Crippen LogP contribution >= 0.6 is 11.8 Å². The first kappa shape index (κ1) is 21.9. The van der Waals surface area contributed by atoms with Gasteiger partial charge in [0, 0.05) is 37.2 Å². The minimum atomic E-state index is -0.181. The lowest BCUT2D eigenvalue weighted by Crippen LogP contribution is -2.41. The summed E-state index contributed by atoms with van der Waals surface area (Å²) in [7, 11) is 1.56. The topological polar surface area (TPSA) is 90.0 Å². The van der Waals surface area contributed by atoms with Crippen LogP contribution in [0.1, 0.15) is 5.56 Å². The van der Waals surface area contributed by atoms with E-state index < -0.39 is 0 Å². The standard InChI is InChI=1S/C21H25N3O5S/c1-27-18-3-2-17(12-19(18)29-13-16-4-6-22-7-5-16)23-20(25)14-30-15-21(26)24-8-10-28-11-9-24/h2-7,12H,8-11,13-15H2,1H3,(H,23,25). The van der Waals surface area contributed by atoms with Gasteiger partial charge in [-0.3, -0.25) is 14.6 Å². The van der Waals surface area contributed by atoms with Gasteiger partial charge in [0.2, 0.25) is 11.8 Å². The maximum absolute atomic E-state index is 12.3. The summed E-state index contributed by atoms with van der Waals surface area (Å²) in [5, 5.41) is 2.83. The second kappa shape index (κ2) is 11.4. The Kier molecular flexibility index (Phi) is 8.34. The normalized spacial score (nSPS) is 13.6. The first-order valence-electron chi connectivity index (χ1n) is 9.58. The summed E-state index contributed by atoms with van der Waals surface area (Å²) in [5.41, 5.74) is 1.58. The zero-order chi connectivity index (χ0) is 21.2. The van der Waals surface area contributed by atoms with Gasteiger partial charge in [-0.25, -0.2) is 0 Å². The van der Waals surface area contributed by atoms with Crippen LogP contribution in [0, 0.1) is 0 Å². The van der Waals surface area contributed by atoms with Gasteiger partial charge >= 0.3 is 0 Å². The predicted molar refractivity (Wildman–Crippen MR) is 115 cm³/mol. The van der Waals surface area contributed by atoms with Crippen LogP contribution in [0.2, 0.25) is 0 Å². The predicted octanol–water partition coefficient (Wildman–Crippen LogP) is 2.20. The SMILES string of the molecule is COc1ccc(NC(=O)CSCC(=O)N2CCOCC2)cc1OCc1ccncc1. The number of nitrogens with zero attached hydrogens (tertiary/aromatic N) is 2. The van der Waals surface area contributed by atoms with E-state index in [2.05, 4.69) is 10.3 Å². The molecule has 1 aromatic carbocycles. The van der Waals surface area contributed by atoms with Gasteiger partial charge in [-0.1, -0.05) is 0 Å². The fourth-order valence-electron chi connectivity index (χ4n) is 2.84. The van der Waals surface area contributed by atoms with Crippen LogP contribution in [0.4, 0.5) is 5.69 Å². The number of thioether (sulfide) groups is 1. The van der Waals surface area contributed by atoms with Gasteiger partial charge in [0.05, 0.1) is 31.8 Å². The maximum Gasteiger partial charge on any atom is 0.234 e. The number of aromatic nitrogens is 1. The number of morpholine rings is 1. The summed E-state index contributed by atoms with van der Waals surface area (Å²) in [5.74, 6) is 1.42. The third kappa shape index (κ3) is 6.64. The van der Waals surface area contributed by atoms with E-state index in [-0.39, 0.29) is 23.3 Å². The molecule has 0 bridgehead atoms. The summed E-state index contributed by atoms with van der Waals surface area (Å²) in [4.78, 5) is 30.1. The molecule has 2 aromatic rings. The molecule has 1 fully saturated rings. The van der Waals surface area contributed by atoms with Crippen molar-refractivity contribution in [2.24, 2.45) is 0 Å². The summed E-state index contributed by atoms with van der Waals surface area (Å²) >= 11 is 1.30. The van der Waals surface area contributed by atoms with Gasteiger partial charge in [-0.2, -0.15) is 0 Å². The Labute approximate surface area is 179 Å². The highest BCUT2D eigenvalue weighted by atomic mass is 32.2. The smallest absolute Gasteiger partial charge is 0.234 e. The molecule has 2 amide bonds. The second-order valence-corrected chi connectivity index (χ2v) is 7.53. The van der Waals surface area contributed by atoms with Crippen molar-refractivity contribution in [1.82, 2.24) is 9.88 Å². The summed E-state index contributed by atoms with van der Waals surface area (Å²) in [6.07, 6.45) is 3.40. The first-order chi connectivity index (χ1) is 14.7. The summed E-state index contributed by atoms with van der Waals surface area (Å²) < 4.78 is 16.4. The van der Waals surface area contributed by atoms with E-state index >= 15 is 0 Å². The van der Waals surface area contributed by atoms with Gasteiger partial charge in [-0.05, 0) is 29.8 Å². The summed E-state index contributed by atoms with van der Waals surface area (Å²) in [6.45, 7) is 2.72. The van der Waals surface area contributed by atoms with Crippen molar-refractivity contribution in [2.45, 2.75) is 6.61 Å². The number of hydrogen-bond donors (Lipinski definition) is 1. The van der Waals surface area contributed by atoms with Crippen LogP contribution in [-0.2, 0) is 20.9 Å². The molecular weight excluding hydrogens is 406 g/mol. The Morgan fingerprint density at radius 2 is 1.90 bits per heavy atom. The summed E-state index contributed by atoms with van der Waals surface area (Å²) in [6, 6.07) is 8.95. The molecule has 1 aliphatic heterocycles. The van der Waals surface area contributed by atoms with Crippen molar-refractivity contribution in [2.75, 3.05) is 50.2 Å². The Morgan fingerprint density at radius 1 is 1.13 bits per heavy atom. The number of carbonyl (C=O) groups is 2. The third-order valence-electron chi connectivity index (χ3n) is 4.41. The molecule has 30 heavy (non-hydrogen) atoms. The lowest BCUT2D eigenvalue weighted by atomic mass is 10.2. The number of benzene rings is 1. The number of hydrogen-bond acceptors (Lipinski definition) is 7. The molecule has 1 aliphatic rings. The number of anilines is 1. The lowest BCUT2D eigenvalue weighted by molar-refractivity contribution is -0.132. The second-order valence-electron chi connectivity index (χ2n) is 6.54. The minimum absolute atomic E-state index is 0.0346. The van der Waals surface area contributed by atoms with Gasteiger partial charge in [-0.15, -0.1) is 11.8 Å². The molecule has 8 nitrogen and oxygen atoms in total. The van der Waals surface area contributed by atoms with Crippen molar-refractivity contribution < 1.29 is 23.8 Å². The number of rotatable bonds is 9. The highest BCUT2D eigenvalue weighted by Crippen LogP contribution is 2.31. The molecule has 0 unspecified atom stereocenters. The van der Waals surface area contributed by atoms with Crippen LogP contribution in [0.5, 0.6) is 11.5 Å². The monoisotopic (exact) mass is 431 g/mol. The van der Waals surface area contributed by atoms with E-state index in [1.165, 1.54) is 11.8 Å². The van der Waals surface area contributed by atoms with Gasteiger partial charge < -0.3 is 24.4 Å². The van der Waals surface area contributed by atoms with Crippen LogP contribution in [0.25, 0.3) is 0 Å². The third-order valence-corrected chi connectivity index (χ3v) is 5.33. The molecule has 1 saturated heterocycles. The van der Waals surface area contributed by atoms with E-state index in [0.29, 0.717) is 50.1 Å². The zero-order valence-corrected chi connectivity index (χ0v) is 17.7. The lowest BCUT2D eigenvalue weighted by Gasteiger charge is -2.26. The fourth-order valence-corrected chi connectivity index (χ4v) is 3.56. The molecule has 0 radical (unpaired) electrons. The molecule has 0 saturated carbocycles. The molecule has 160 valence electrons. The zero-order valence-electron chi connectivity index (χ0n) is 16.8. The number of methoxy groups -OCH3 is 1. The van der Waals surface area contributed by atoms with Crippen LogP contribution in [0.15, 0.2) is 42.7 Å². The molecule has 0 atom stereocenters. The maximum atomic E-state index is 12.3. The van der Waals surface area contributed by atoms with E-state index in [9.17, 15) is 9.59 Å². The molecule has 9 heteroatoms. The van der Waals surface area contributed by atoms with Crippen molar-refractivity contribution in [3.8, 4) is 11.5 Å². The number of carbonyl (C=O) groups excluding carboxylic acids is 2. The van der Waals surface area contributed by atoms with Crippen LogP contribution in [0.3, 0.4) is 0 Å².